The lowest BCUT2D eigenvalue weighted by atomic mass is 9.98. The van der Waals surface area contributed by atoms with Crippen LogP contribution in [0.4, 0.5) is 44.6 Å². The Morgan fingerprint density at radius 2 is 0.970 bits per heavy atom. The molecule has 0 spiro atoms. The minimum absolute atomic E-state index is 0.0889. The van der Waals surface area contributed by atoms with E-state index in [1.165, 1.54) is 37.8 Å². The van der Waals surface area contributed by atoms with Crippen LogP contribution in [0.15, 0.2) is 146 Å². The Kier molecular flexibility index (Phi) is 32.5. The normalized spacial score (nSPS) is 15.4. The Bertz CT molecular complexity index is 3390. The van der Waals surface area contributed by atoms with E-state index in [1.807, 2.05) is 102 Å². The predicted octanol–water partition coefficient (Wildman–Crippen LogP) is 16.9. The van der Waals surface area contributed by atoms with Gasteiger partial charge >= 0.3 is 24.3 Å². The van der Waals surface area contributed by atoms with Crippen molar-refractivity contribution in [1.29, 1.82) is 0 Å². The third kappa shape index (κ3) is 24.8. The van der Waals surface area contributed by atoms with Crippen LogP contribution in [0.25, 0.3) is 0 Å². The van der Waals surface area contributed by atoms with Crippen molar-refractivity contribution >= 4 is 40.9 Å². The van der Waals surface area contributed by atoms with Crippen LogP contribution >= 0.6 is 0 Å². The van der Waals surface area contributed by atoms with Gasteiger partial charge in [-0.25, -0.2) is 14.4 Å². The summed E-state index contributed by atoms with van der Waals surface area (Å²) in [6, 6.07) is 44.3. The van der Waals surface area contributed by atoms with Gasteiger partial charge in [0.05, 0.1) is 45.4 Å². The molecule has 2 unspecified atom stereocenters. The summed E-state index contributed by atoms with van der Waals surface area (Å²) in [5, 5.41) is 8.84. The third-order valence-electron chi connectivity index (χ3n) is 19.5. The van der Waals surface area contributed by atoms with Crippen LogP contribution in [-0.2, 0) is 37.0 Å². The molecule has 9 rings (SSSR count). The van der Waals surface area contributed by atoms with E-state index in [1.54, 1.807) is 45.5 Å². The van der Waals surface area contributed by atoms with Gasteiger partial charge in [-0.1, -0.05) is 125 Å². The number of ether oxygens (including phenoxy) is 4. The lowest BCUT2D eigenvalue weighted by Gasteiger charge is -2.40. The number of halogens is 3. The number of nitrogens with one attached hydrogen (secondary N) is 3. The molecule has 3 aliphatic heterocycles. The molecule has 3 fully saturated rings. The molecule has 0 aromatic heterocycles. The fourth-order valence-corrected chi connectivity index (χ4v) is 13.5. The van der Waals surface area contributed by atoms with Gasteiger partial charge in [-0.2, -0.15) is 13.2 Å². The smallest absolute Gasteiger partial charge is 0.416 e. The van der Waals surface area contributed by atoms with Crippen molar-refractivity contribution in [3.63, 3.8) is 0 Å². The van der Waals surface area contributed by atoms with Gasteiger partial charge in [0.1, 0.15) is 28.8 Å². The molecule has 3 aliphatic rings. The van der Waals surface area contributed by atoms with Crippen molar-refractivity contribution in [2.24, 2.45) is 0 Å². The van der Waals surface area contributed by atoms with Gasteiger partial charge in [-0.15, -0.1) is 12.3 Å². The first-order valence-corrected chi connectivity index (χ1v) is 36.0. The minimum atomic E-state index is -4.50. The second-order valence-corrected chi connectivity index (χ2v) is 26.4. The lowest BCUT2D eigenvalue weighted by Crippen LogP contribution is -2.50. The highest BCUT2D eigenvalue weighted by Gasteiger charge is 2.35. The number of carbonyl (C=O) groups is 4. The van der Waals surface area contributed by atoms with Crippen LogP contribution in [0.2, 0.25) is 0 Å². The van der Waals surface area contributed by atoms with Crippen LogP contribution in [-0.4, -0.2) is 158 Å². The van der Waals surface area contributed by atoms with Gasteiger partial charge in [0, 0.05) is 126 Å². The average Bonchev–Trinajstić information content (AvgIpc) is 0.837. The van der Waals surface area contributed by atoms with Gasteiger partial charge in [0.2, 0.25) is 0 Å². The van der Waals surface area contributed by atoms with Crippen molar-refractivity contribution in [3.8, 4) is 35.3 Å². The maximum absolute atomic E-state index is 13.5. The van der Waals surface area contributed by atoms with Gasteiger partial charge < -0.3 is 64.3 Å². The Morgan fingerprint density at radius 3 is 1.40 bits per heavy atom. The summed E-state index contributed by atoms with van der Waals surface area (Å²) in [6.07, 6.45) is 13.4. The number of benzene rings is 6. The van der Waals surface area contributed by atoms with E-state index in [2.05, 4.69) is 88.5 Å². The Balaban J connectivity index is 0.000000213. The summed E-state index contributed by atoms with van der Waals surface area (Å²) in [4.78, 5) is 65.7. The molecular formula is C81H108F3N9O8. The van der Waals surface area contributed by atoms with E-state index in [-0.39, 0.29) is 54.6 Å². The topological polar surface area (TPSA) is 161 Å². The fourth-order valence-electron chi connectivity index (χ4n) is 13.5. The Hall–Kier alpha value is -8.77. The average molecular weight is 1390 g/mol. The Morgan fingerprint density at radius 1 is 0.535 bits per heavy atom. The zero-order valence-electron chi connectivity index (χ0n) is 60.9. The molecule has 0 aliphatic carbocycles. The molecule has 0 bridgehead atoms. The number of piperidine rings is 3. The summed E-state index contributed by atoms with van der Waals surface area (Å²) in [6.45, 7) is 19.0. The van der Waals surface area contributed by atoms with Crippen molar-refractivity contribution in [1.82, 2.24) is 29.4 Å². The molecule has 3 N–H and O–H groups in total. The molecule has 6 amide bonds. The first kappa shape index (κ1) is 79.6. The number of nitrogens with zero attached hydrogens (tertiary/aromatic N) is 6. The summed E-state index contributed by atoms with van der Waals surface area (Å²) >= 11 is 0. The third-order valence-corrected chi connectivity index (χ3v) is 19.5. The predicted molar refractivity (Wildman–Crippen MR) is 398 cm³/mol. The first-order chi connectivity index (χ1) is 48.8. The molecule has 546 valence electrons. The summed E-state index contributed by atoms with van der Waals surface area (Å²) in [5.74, 6) is 5.30. The van der Waals surface area contributed by atoms with Crippen LogP contribution in [0.3, 0.4) is 0 Å². The first-order valence-electron chi connectivity index (χ1n) is 36.0. The highest BCUT2D eigenvalue weighted by atomic mass is 19.4. The molecule has 101 heavy (non-hydrogen) atoms. The Labute approximate surface area is 598 Å². The van der Waals surface area contributed by atoms with Gasteiger partial charge in [-0.3, -0.25) is 4.79 Å². The van der Waals surface area contributed by atoms with E-state index >= 15 is 0 Å². The largest absolute Gasteiger partial charge is 0.497 e. The number of anilines is 3. The van der Waals surface area contributed by atoms with Crippen molar-refractivity contribution in [2.75, 3.05) is 90.2 Å². The van der Waals surface area contributed by atoms with E-state index in [9.17, 15) is 32.3 Å². The van der Waals surface area contributed by atoms with E-state index in [0.29, 0.717) is 66.0 Å². The number of terminal acetylenes is 1. The fraction of sp³-hybridized carbons (Fsp3) is 0.481. The monoisotopic (exact) mass is 1390 g/mol. The number of likely N-dealkylation sites (tertiary alicyclic amines) is 3. The molecule has 2 atom stereocenters. The molecule has 20 heteroatoms. The van der Waals surface area contributed by atoms with Crippen LogP contribution in [0, 0.1) is 12.3 Å². The quantitative estimate of drug-likeness (QED) is 0.0317. The number of hydrogen-bond acceptors (Lipinski definition) is 11. The van der Waals surface area contributed by atoms with E-state index < -0.39 is 17.8 Å². The number of carbonyl (C=O) groups excluding carboxylic acids is 4. The van der Waals surface area contributed by atoms with Gasteiger partial charge in [0.25, 0.3) is 0 Å². The number of amides is 6. The maximum Gasteiger partial charge on any atom is 0.416 e. The number of methoxy groups -OCH3 is 4. The van der Waals surface area contributed by atoms with Crippen molar-refractivity contribution < 1.29 is 51.3 Å². The summed E-state index contributed by atoms with van der Waals surface area (Å²) in [7, 11) is 6.42. The molecule has 17 nitrogen and oxygen atoms in total. The molecule has 6 aromatic carbocycles. The summed E-state index contributed by atoms with van der Waals surface area (Å²) in [5.41, 5.74) is 4.54. The molecule has 0 radical (unpaired) electrons. The number of Topliss-reactive ketones (excluding diaryl/α,β-unsaturated/α-hetero) is 1. The maximum atomic E-state index is 13.5. The standard InChI is InChI=1S/C29H34F3N3O2.2C26H37N3O3/c1-3-5-8-16-34-17-14-26(15-18-34)35(21-23-11-7-6-10-22(23)19-27(36)4-2)28(37)33-25-13-9-12-24(20-25)29(30,31)32;2*1-5-9-20(2)28-16-14-22(15-17-28)29(19-21-10-7-6-8-11-21)26(30)27-24-13-12-23(31-3)18-25(24)32-4/h1,6-7,9-13,20,26H,4-5,8,14-19,21H2,2H3,(H,33,37);2*6-8,10-13,18,20,22H,5,9,14-17,19H2,1-4H3,(H,27,30). The van der Waals surface area contributed by atoms with Crippen LogP contribution < -0.4 is 34.9 Å². The highest BCUT2D eigenvalue weighted by molar-refractivity contribution is 5.92. The SMILES string of the molecule is C#CCCCN1CCC(N(Cc2ccccc2CC(=O)CC)C(=O)Nc2cccc(C(F)(F)F)c2)CC1.CCCC(C)N1CCC(N(Cc2ccccc2)C(=O)Nc2ccc(OC)cc2OC)CC1.CCCC(C)N1CCC(N(Cc2ccccc2)C(=O)Nc2ccc(OC)cc2OC)CC1. The second-order valence-electron chi connectivity index (χ2n) is 26.4. The number of rotatable bonds is 28. The lowest BCUT2D eigenvalue weighted by molar-refractivity contribution is -0.137. The number of urea groups is 3. The molecule has 0 saturated carbocycles. The van der Waals surface area contributed by atoms with E-state index in [4.69, 9.17) is 25.4 Å². The van der Waals surface area contributed by atoms with Gasteiger partial charge in [-0.05, 0) is 143 Å². The van der Waals surface area contributed by atoms with Crippen molar-refractivity contribution in [3.05, 3.63) is 173 Å². The molecule has 6 aromatic rings. The van der Waals surface area contributed by atoms with Crippen LogP contribution in [0.1, 0.15) is 146 Å². The number of alkyl halides is 3. The van der Waals surface area contributed by atoms with Crippen LogP contribution in [0.5, 0.6) is 23.0 Å². The highest BCUT2D eigenvalue weighted by Crippen LogP contribution is 2.35. The zero-order valence-corrected chi connectivity index (χ0v) is 60.9. The number of hydrogen-bond donors (Lipinski definition) is 3. The second kappa shape index (κ2) is 41.2. The molecular weight excluding hydrogens is 1280 g/mol. The summed E-state index contributed by atoms with van der Waals surface area (Å²) < 4.78 is 61.1. The molecule has 3 heterocycles. The number of unbranched alkanes of at least 4 members (excludes halogenated alkanes) is 1. The minimum Gasteiger partial charge on any atom is -0.497 e. The number of ketones is 1. The van der Waals surface area contributed by atoms with Gasteiger partial charge in [0.15, 0.2) is 0 Å². The zero-order chi connectivity index (χ0) is 72.7. The molecule has 3 saturated heterocycles. The van der Waals surface area contributed by atoms with Crippen molar-refractivity contribution in [2.45, 2.75) is 181 Å². The van der Waals surface area contributed by atoms with E-state index in [0.717, 1.165) is 132 Å².